The maximum absolute atomic E-state index is 11.3. The summed E-state index contributed by atoms with van der Waals surface area (Å²) in [5, 5.41) is 3.01. The number of hydrogen-bond acceptors (Lipinski definition) is 1. The van der Waals surface area contributed by atoms with E-state index in [2.05, 4.69) is 43.4 Å². The highest BCUT2D eigenvalue weighted by molar-refractivity contribution is 5.76. The molecule has 0 heterocycles. The Labute approximate surface area is 91.7 Å². The van der Waals surface area contributed by atoms with Gasteiger partial charge in [-0.05, 0) is 18.9 Å². The second-order valence-electron chi connectivity index (χ2n) is 3.79. The predicted octanol–water partition coefficient (Wildman–Crippen LogP) is 2.97. The van der Waals surface area contributed by atoms with E-state index in [0.717, 1.165) is 6.42 Å². The zero-order valence-electron chi connectivity index (χ0n) is 9.71. The lowest BCUT2D eigenvalue weighted by Crippen LogP contribution is -2.27. The Bertz CT molecular complexity index is 316. The van der Waals surface area contributed by atoms with Crippen LogP contribution >= 0.6 is 0 Å². The lowest BCUT2D eigenvalue weighted by Gasteiger charge is -2.17. The standard InChI is InChI=1S/C13H19NO/c1-4-12(14-13(15)5-2)11-8-6-10(3)7-9-11/h6-9,12H,4-5H2,1-3H3,(H,14,15)/t12-/m0/s1. The second kappa shape index (κ2) is 5.54. The molecule has 1 aromatic carbocycles. The summed E-state index contributed by atoms with van der Waals surface area (Å²) in [6.45, 7) is 6.02. The Hall–Kier alpha value is -1.31. The maximum atomic E-state index is 11.3. The molecule has 0 bridgehead atoms. The van der Waals surface area contributed by atoms with Gasteiger partial charge in [0.15, 0.2) is 0 Å². The van der Waals surface area contributed by atoms with E-state index in [-0.39, 0.29) is 11.9 Å². The minimum Gasteiger partial charge on any atom is -0.349 e. The highest BCUT2D eigenvalue weighted by atomic mass is 16.1. The molecule has 1 atom stereocenters. The van der Waals surface area contributed by atoms with Gasteiger partial charge in [-0.1, -0.05) is 43.7 Å². The third-order valence-electron chi connectivity index (χ3n) is 2.54. The molecular formula is C13H19NO. The largest absolute Gasteiger partial charge is 0.349 e. The van der Waals surface area contributed by atoms with Gasteiger partial charge >= 0.3 is 0 Å². The lowest BCUT2D eigenvalue weighted by atomic mass is 10.0. The van der Waals surface area contributed by atoms with Crippen molar-refractivity contribution in [2.24, 2.45) is 0 Å². The first kappa shape index (κ1) is 11.8. The Kier molecular flexibility index (Phi) is 4.35. The van der Waals surface area contributed by atoms with Crippen LogP contribution in [0.3, 0.4) is 0 Å². The minimum absolute atomic E-state index is 0.113. The van der Waals surface area contributed by atoms with Crippen LogP contribution in [-0.2, 0) is 4.79 Å². The molecule has 0 unspecified atom stereocenters. The van der Waals surface area contributed by atoms with Crippen LogP contribution in [0, 0.1) is 6.92 Å². The summed E-state index contributed by atoms with van der Waals surface area (Å²) in [6.07, 6.45) is 1.47. The van der Waals surface area contributed by atoms with E-state index in [0.29, 0.717) is 6.42 Å². The fourth-order valence-electron chi connectivity index (χ4n) is 1.52. The number of amides is 1. The first-order valence-corrected chi connectivity index (χ1v) is 5.53. The molecule has 0 saturated carbocycles. The van der Waals surface area contributed by atoms with Gasteiger partial charge in [0.2, 0.25) is 5.91 Å². The van der Waals surface area contributed by atoms with Gasteiger partial charge in [0.05, 0.1) is 6.04 Å². The van der Waals surface area contributed by atoms with E-state index in [4.69, 9.17) is 0 Å². The van der Waals surface area contributed by atoms with E-state index in [1.54, 1.807) is 0 Å². The molecule has 1 N–H and O–H groups in total. The molecule has 1 rings (SSSR count). The SMILES string of the molecule is CCC(=O)N[C@@H](CC)c1ccc(C)cc1. The molecule has 0 aliphatic heterocycles. The Balaban J connectivity index is 2.74. The average Bonchev–Trinajstić information content (AvgIpc) is 2.27. The van der Waals surface area contributed by atoms with Crippen molar-refractivity contribution in [2.75, 3.05) is 0 Å². The van der Waals surface area contributed by atoms with Crippen molar-refractivity contribution in [3.05, 3.63) is 35.4 Å². The number of rotatable bonds is 4. The van der Waals surface area contributed by atoms with E-state index in [1.807, 2.05) is 6.92 Å². The molecule has 0 aliphatic rings. The van der Waals surface area contributed by atoms with E-state index < -0.39 is 0 Å². The van der Waals surface area contributed by atoms with Crippen molar-refractivity contribution < 1.29 is 4.79 Å². The Morgan fingerprint density at radius 3 is 2.33 bits per heavy atom. The van der Waals surface area contributed by atoms with Crippen molar-refractivity contribution in [2.45, 2.75) is 39.7 Å². The van der Waals surface area contributed by atoms with Crippen LogP contribution in [0.25, 0.3) is 0 Å². The molecule has 0 aromatic heterocycles. The van der Waals surface area contributed by atoms with E-state index >= 15 is 0 Å². The highest BCUT2D eigenvalue weighted by Gasteiger charge is 2.10. The van der Waals surface area contributed by atoms with Crippen molar-refractivity contribution >= 4 is 5.91 Å². The van der Waals surface area contributed by atoms with Crippen molar-refractivity contribution in [1.82, 2.24) is 5.32 Å². The van der Waals surface area contributed by atoms with Gasteiger partial charge in [0.25, 0.3) is 0 Å². The molecule has 0 spiro atoms. The Morgan fingerprint density at radius 2 is 1.87 bits per heavy atom. The summed E-state index contributed by atoms with van der Waals surface area (Å²) in [6, 6.07) is 8.48. The number of carbonyl (C=O) groups excluding carboxylic acids is 1. The highest BCUT2D eigenvalue weighted by Crippen LogP contribution is 2.17. The maximum Gasteiger partial charge on any atom is 0.220 e. The van der Waals surface area contributed by atoms with Crippen LogP contribution in [0.4, 0.5) is 0 Å². The zero-order chi connectivity index (χ0) is 11.3. The molecule has 82 valence electrons. The summed E-state index contributed by atoms with van der Waals surface area (Å²) in [5.41, 5.74) is 2.43. The van der Waals surface area contributed by atoms with Gasteiger partial charge < -0.3 is 5.32 Å². The van der Waals surface area contributed by atoms with Gasteiger partial charge in [-0.2, -0.15) is 0 Å². The van der Waals surface area contributed by atoms with Crippen molar-refractivity contribution in [3.63, 3.8) is 0 Å². The molecule has 2 nitrogen and oxygen atoms in total. The molecule has 1 aromatic rings. The fraction of sp³-hybridized carbons (Fsp3) is 0.462. The lowest BCUT2D eigenvalue weighted by molar-refractivity contribution is -0.121. The molecule has 0 radical (unpaired) electrons. The summed E-state index contributed by atoms with van der Waals surface area (Å²) in [4.78, 5) is 11.3. The topological polar surface area (TPSA) is 29.1 Å². The average molecular weight is 205 g/mol. The number of nitrogens with one attached hydrogen (secondary N) is 1. The van der Waals surface area contributed by atoms with Crippen molar-refractivity contribution in [1.29, 1.82) is 0 Å². The van der Waals surface area contributed by atoms with E-state index in [1.165, 1.54) is 11.1 Å². The molecule has 15 heavy (non-hydrogen) atoms. The molecule has 2 heteroatoms. The third-order valence-corrected chi connectivity index (χ3v) is 2.54. The minimum atomic E-state index is 0.113. The zero-order valence-corrected chi connectivity index (χ0v) is 9.71. The summed E-state index contributed by atoms with van der Waals surface area (Å²) in [7, 11) is 0. The number of aryl methyl sites for hydroxylation is 1. The van der Waals surface area contributed by atoms with Crippen LogP contribution in [0.1, 0.15) is 43.9 Å². The molecule has 0 saturated heterocycles. The van der Waals surface area contributed by atoms with Crippen molar-refractivity contribution in [3.8, 4) is 0 Å². The monoisotopic (exact) mass is 205 g/mol. The first-order valence-electron chi connectivity index (χ1n) is 5.53. The number of hydrogen-bond donors (Lipinski definition) is 1. The third kappa shape index (κ3) is 3.39. The predicted molar refractivity (Wildman–Crippen MR) is 62.6 cm³/mol. The Morgan fingerprint density at radius 1 is 1.27 bits per heavy atom. The summed E-state index contributed by atoms with van der Waals surface area (Å²) in [5.74, 6) is 0.113. The van der Waals surface area contributed by atoms with Crippen LogP contribution < -0.4 is 5.32 Å². The van der Waals surface area contributed by atoms with Gasteiger partial charge in [0, 0.05) is 6.42 Å². The summed E-state index contributed by atoms with van der Waals surface area (Å²) >= 11 is 0. The molecule has 1 amide bonds. The molecule has 0 fully saturated rings. The van der Waals surface area contributed by atoms with Gasteiger partial charge in [-0.3, -0.25) is 4.79 Å². The van der Waals surface area contributed by atoms with Gasteiger partial charge in [-0.25, -0.2) is 0 Å². The van der Waals surface area contributed by atoms with Crippen LogP contribution in [-0.4, -0.2) is 5.91 Å². The number of carbonyl (C=O) groups is 1. The van der Waals surface area contributed by atoms with Crippen LogP contribution in [0.5, 0.6) is 0 Å². The first-order chi connectivity index (χ1) is 7.17. The molecular weight excluding hydrogens is 186 g/mol. The van der Waals surface area contributed by atoms with Crippen LogP contribution in [0.2, 0.25) is 0 Å². The van der Waals surface area contributed by atoms with E-state index in [9.17, 15) is 4.79 Å². The quantitative estimate of drug-likeness (QED) is 0.804. The fourth-order valence-corrected chi connectivity index (χ4v) is 1.52. The van der Waals surface area contributed by atoms with Gasteiger partial charge in [0.1, 0.15) is 0 Å². The number of benzene rings is 1. The van der Waals surface area contributed by atoms with Crippen LogP contribution in [0.15, 0.2) is 24.3 Å². The smallest absolute Gasteiger partial charge is 0.220 e. The summed E-state index contributed by atoms with van der Waals surface area (Å²) < 4.78 is 0. The second-order valence-corrected chi connectivity index (χ2v) is 3.79. The normalized spacial score (nSPS) is 12.2. The molecule has 0 aliphatic carbocycles. The van der Waals surface area contributed by atoms with Gasteiger partial charge in [-0.15, -0.1) is 0 Å².